The molecule has 3 aromatic rings. The molecule has 1 aliphatic carbocycles. The predicted molar refractivity (Wildman–Crippen MR) is 131 cm³/mol. The van der Waals surface area contributed by atoms with E-state index in [2.05, 4.69) is 22.4 Å². The number of hydrogen-bond donors (Lipinski definition) is 1. The lowest BCUT2D eigenvalue weighted by molar-refractivity contribution is -0.118. The molecule has 0 atom stereocenters. The molecule has 0 unspecified atom stereocenters. The summed E-state index contributed by atoms with van der Waals surface area (Å²) in [7, 11) is 0. The maximum absolute atomic E-state index is 12.4. The van der Waals surface area contributed by atoms with Crippen LogP contribution in [0.25, 0.3) is 10.2 Å². The lowest BCUT2D eigenvalue weighted by atomic mass is 9.84. The number of esters is 1. The van der Waals surface area contributed by atoms with E-state index in [-0.39, 0.29) is 18.5 Å². The van der Waals surface area contributed by atoms with Gasteiger partial charge < -0.3 is 9.47 Å². The van der Waals surface area contributed by atoms with Gasteiger partial charge in [-0.25, -0.2) is 9.78 Å². The number of aromatic nitrogens is 1. The number of benzene rings is 2. The Morgan fingerprint density at radius 2 is 1.88 bits per heavy atom. The molecule has 7 heteroatoms. The fourth-order valence-electron chi connectivity index (χ4n) is 4.07. The van der Waals surface area contributed by atoms with E-state index in [1.165, 1.54) is 49.0 Å². The smallest absolute Gasteiger partial charge is 0.338 e. The molecule has 1 N–H and O–H groups in total. The van der Waals surface area contributed by atoms with Crippen LogP contribution in [-0.4, -0.2) is 30.1 Å². The van der Waals surface area contributed by atoms with Gasteiger partial charge in [0.25, 0.3) is 5.91 Å². The van der Waals surface area contributed by atoms with Crippen molar-refractivity contribution in [1.29, 1.82) is 0 Å². The monoisotopic (exact) mass is 466 g/mol. The Kier molecular flexibility index (Phi) is 7.94. The summed E-state index contributed by atoms with van der Waals surface area (Å²) in [4.78, 5) is 28.9. The van der Waals surface area contributed by atoms with Gasteiger partial charge in [-0.2, -0.15) is 0 Å². The van der Waals surface area contributed by atoms with Crippen LogP contribution < -0.4 is 10.1 Å². The van der Waals surface area contributed by atoms with Crippen molar-refractivity contribution in [3.8, 4) is 5.75 Å². The molecular formula is C26H30N2O4S. The molecule has 0 bridgehead atoms. The Morgan fingerprint density at radius 3 is 2.64 bits per heavy atom. The van der Waals surface area contributed by atoms with Gasteiger partial charge in [0.2, 0.25) is 0 Å². The first kappa shape index (κ1) is 23.2. The topological polar surface area (TPSA) is 77.5 Å². The number of nitrogens with zero attached hydrogens (tertiary/aromatic N) is 1. The zero-order chi connectivity index (χ0) is 23.0. The van der Waals surface area contributed by atoms with Gasteiger partial charge in [0.1, 0.15) is 5.75 Å². The summed E-state index contributed by atoms with van der Waals surface area (Å²) in [5.74, 6) is 0.714. The number of rotatable bonds is 9. The summed E-state index contributed by atoms with van der Waals surface area (Å²) in [6.07, 6.45) is 8.28. The van der Waals surface area contributed by atoms with Gasteiger partial charge in [0, 0.05) is 0 Å². The SMILES string of the molecule is CCCCOC(=O)c1ccc2nc(NC(=O)COc3ccc(C4CCCCC4)cc3)sc2c1. The van der Waals surface area contributed by atoms with Crippen molar-refractivity contribution in [3.05, 3.63) is 53.6 Å². The van der Waals surface area contributed by atoms with Crippen LogP contribution in [0.1, 0.15) is 73.7 Å². The van der Waals surface area contributed by atoms with Crippen LogP contribution in [0.3, 0.4) is 0 Å². The maximum atomic E-state index is 12.4. The Balaban J connectivity index is 1.29. The second kappa shape index (κ2) is 11.3. The average molecular weight is 467 g/mol. The van der Waals surface area contributed by atoms with Crippen LogP contribution >= 0.6 is 11.3 Å². The van der Waals surface area contributed by atoms with Gasteiger partial charge in [-0.05, 0) is 61.1 Å². The standard InChI is InChI=1S/C26H30N2O4S/c1-2-3-15-31-25(30)20-11-14-22-23(16-20)33-26(27-22)28-24(29)17-32-21-12-9-19(10-13-21)18-7-5-4-6-8-18/h9-14,16,18H,2-8,15,17H2,1H3,(H,27,28,29). The molecule has 1 aliphatic rings. The highest BCUT2D eigenvalue weighted by molar-refractivity contribution is 7.22. The largest absolute Gasteiger partial charge is 0.484 e. The van der Waals surface area contributed by atoms with Crippen molar-refractivity contribution >= 4 is 38.6 Å². The summed E-state index contributed by atoms with van der Waals surface area (Å²) in [5, 5.41) is 3.26. The van der Waals surface area contributed by atoms with E-state index in [1.54, 1.807) is 18.2 Å². The predicted octanol–water partition coefficient (Wildman–Crippen LogP) is 6.32. The second-order valence-electron chi connectivity index (χ2n) is 8.43. The van der Waals surface area contributed by atoms with Crippen molar-refractivity contribution in [3.63, 3.8) is 0 Å². The second-order valence-corrected chi connectivity index (χ2v) is 9.46. The van der Waals surface area contributed by atoms with Gasteiger partial charge in [0.15, 0.2) is 11.7 Å². The number of nitrogens with one attached hydrogen (secondary N) is 1. The Morgan fingerprint density at radius 1 is 1.09 bits per heavy atom. The molecule has 0 spiro atoms. The third kappa shape index (κ3) is 6.32. The summed E-state index contributed by atoms with van der Waals surface area (Å²) in [6.45, 7) is 2.38. The van der Waals surface area contributed by atoms with Crippen LogP contribution in [0.4, 0.5) is 5.13 Å². The minimum Gasteiger partial charge on any atom is -0.484 e. The van der Waals surface area contributed by atoms with Gasteiger partial charge >= 0.3 is 5.97 Å². The lowest BCUT2D eigenvalue weighted by Crippen LogP contribution is -2.20. The van der Waals surface area contributed by atoms with E-state index < -0.39 is 0 Å². The van der Waals surface area contributed by atoms with Gasteiger partial charge in [-0.15, -0.1) is 0 Å². The quantitative estimate of drug-likeness (QED) is 0.295. The summed E-state index contributed by atoms with van der Waals surface area (Å²) >= 11 is 1.32. The highest BCUT2D eigenvalue weighted by Crippen LogP contribution is 2.33. The number of anilines is 1. The Hall–Kier alpha value is -2.93. The number of unbranched alkanes of at least 4 members (excludes halogenated alkanes) is 1. The van der Waals surface area contributed by atoms with E-state index in [1.807, 2.05) is 19.1 Å². The molecular weight excluding hydrogens is 436 g/mol. The fraction of sp³-hybridized carbons (Fsp3) is 0.423. The molecule has 0 radical (unpaired) electrons. The minimum atomic E-state index is -0.341. The first-order valence-corrected chi connectivity index (χ1v) is 12.5. The number of hydrogen-bond acceptors (Lipinski definition) is 6. The van der Waals surface area contributed by atoms with E-state index in [9.17, 15) is 9.59 Å². The molecule has 6 nitrogen and oxygen atoms in total. The molecule has 1 aromatic heterocycles. The first-order chi connectivity index (χ1) is 16.1. The van der Waals surface area contributed by atoms with Crippen molar-refractivity contribution in [2.75, 3.05) is 18.5 Å². The van der Waals surface area contributed by atoms with Crippen LogP contribution in [0.2, 0.25) is 0 Å². The van der Waals surface area contributed by atoms with Gasteiger partial charge in [0.05, 0.1) is 22.4 Å². The molecule has 1 heterocycles. The third-order valence-corrected chi connectivity index (χ3v) is 6.86. The summed E-state index contributed by atoms with van der Waals surface area (Å²) in [5.41, 5.74) is 2.56. The summed E-state index contributed by atoms with van der Waals surface area (Å²) in [6, 6.07) is 13.3. The van der Waals surface area contributed by atoms with Gasteiger partial charge in [-0.3, -0.25) is 10.1 Å². The van der Waals surface area contributed by atoms with Crippen molar-refractivity contribution in [2.45, 2.75) is 57.8 Å². The van der Waals surface area contributed by atoms with E-state index in [0.717, 1.165) is 23.1 Å². The number of carbonyl (C=O) groups is 2. The first-order valence-electron chi connectivity index (χ1n) is 11.7. The molecule has 1 amide bonds. The number of amides is 1. The third-order valence-electron chi connectivity index (χ3n) is 5.93. The van der Waals surface area contributed by atoms with Crippen LogP contribution in [0.5, 0.6) is 5.75 Å². The molecule has 0 aliphatic heterocycles. The Bertz CT molecular complexity index is 1090. The van der Waals surface area contributed by atoms with E-state index >= 15 is 0 Å². The zero-order valence-electron chi connectivity index (χ0n) is 19.0. The van der Waals surface area contributed by atoms with Crippen LogP contribution in [0, 0.1) is 0 Å². The molecule has 1 saturated carbocycles. The molecule has 0 saturated heterocycles. The van der Waals surface area contributed by atoms with Crippen molar-refractivity contribution in [1.82, 2.24) is 4.98 Å². The maximum Gasteiger partial charge on any atom is 0.338 e. The normalized spacial score (nSPS) is 14.2. The lowest BCUT2D eigenvalue weighted by Gasteiger charge is -2.22. The van der Waals surface area contributed by atoms with Gasteiger partial charge in [-0.1, -0.05) is 56.1 Å². The highest BCUT2D eigenvalue weighted by atomic mass is 32.1. The number of fused-ring (bicyclic) bond motifs is 1. The minimum absolute atomic E-state index is 0.0896. The number of ether oxygens (including phenoxy) is 2. The zero-order valence-corrected chi connectivity index (χ0v) is 19.8. The molecule has 174 valence electrons. The van der Waals surface area contributed by atoms with Crippen LogP contribution in [0.15, 0.2) is 42.5 Å². The average Bonchev–Trinajstić information content (AvgIpc) is 3.25. The number of carbonyl (C=O) groups excluding carboxylic acids is 2. The summed E-state index contributed by atoms with van der Waals surface area (Å²) < 4.78 is 11.7. The van der Waals surface area contributed by atoms with E-state index in [0.29, 0.717) is 29.0 Å². The molecule has 2 aromatic carbocycles. The van der Waals surface area contributed by atoms with Crippen LogP contribution in [-0.2, 0) is 9.53 Å². The van der Waals surface area contributed by atoms with Crippen molar-refractivity contribution in [2.24, 2.45) is 0 Å². The Labute approximate surface area is 198 Å². The molecule has 33 heavy (non-hydrogen) atoms. The van der Waals surface area contributed by atoms with E-state index in [4.69, 9.17) is 9.47 Å². The fourth-order valence-corrected chi connectivity index (χ4v) is 5.00. The number of thiazole rings is 1. The highest BCUT2D eigenvalue weighted by Gasteiger charge is 2.16. The van der Waals surface area contributed by atoms with Crippen molar-refractivity contribution < 1.29 is 19.1 Å². The molecule has 4 rings (SSSR count). The molecule has 1 fully saturated rings.